The minimum absolute atomic E-state index is 0.100. The maximum Gasteiger partial charge on any atom is 0.346 e. The van der Waals surface area contributed by atoms with Gasteiger partial charge in [-0.15, -0.1) is 0 Å². The molecule has 1 atom stereocenters. The number of halogens is 1. The van der Waals surface area contributed by atoms with Gasteiger partial charge in [0.1, 0.15) is 5.75 Å². The van der Waals surface area contributed by atoms with Crippen LogP contribution in [-0.2, 0) is 11.2 Å². The summed E-state index contributed by atoms with van der Waals surface area (Å²) in [4.78, 5) is 11.2. The number of hydrogen-bond acceptors (Lipinski definition) is 2. The van der Waals surface area contributed by atoms with Gasteiger partial charge in [-0.3, -0.25) is 0 Å². The van der Waals surface area contributed by atoms with E-state index in [0.717, 1.165) is 16.7 Å². The second-order valence-corrected chi connectivity index (χ2v) is 4.28. The molecule has 0 radical (unpaired) electrons. The zero-order valence-electron chi connectivity index (χ0n) is 9.60. The van der Waals surface area contributed by atoms with Gasteiger partial charge in [0.25, 0.3) is 0 Å². The molecule has 2 aromatic carbocycles. The number of carbonyl (C=O) groups excluding carboxylic acids is 1. The number of ether oxygens (including phenoxy) is 1. The topological polar surface area (TPSA) is 26.3 Å². The van der Waals surface area contributed by atoms with E-state index in [2.05, 4.69) is 0 Å². The molecule has 0 amide bonds. The summed E-state index contributed by atoms with van der Waals surface area (Å²) in [5.74, 6) is -0.331. The minimum Gasteiger partial charge on any atom is -0.424 e. The lowest BCUT2D eigenvalue weighted by Gasteiger charge is -2.19. The molecule has 0 N–H and O–H groups in total. The first-order valence-corrected chi connectivity index (χ1v) is 5.78. The highest BCUT2D eigenvalue weighted by molar-refractivity contribution is 5.81. The van der Waals surface area contributed by atoms with E-state index in [1.54, 1.807) is 6.07 Å². The number of benzene rings is 2. The summed E-state index contributed by atoms with van der Waals surface area (Å²) in [5, 5.41) is 0. The smallest absolute Gasteiger partial charge is 0.346 e. The molecule has 90 valence electrons. The molecule has 1 unspecified atom stereocenters. The van der Waals surface area contributed by atoms with E-state index in [1.165, 1.54) is 0 Å². The van der Waals surface area contributed by atoms with Crippen molar-refractivity contribution in [3.8, 4) is 16.9 Å². The molecule has 18 heavy (non-hydrogen) atoms. The fourth-order valence-electron chi connectivity index (χ4n) is 2.08. The molecule has 0 saturated heterocycles. The Kier molecular flexibility index (Phi) is 2.59. The number of esters is 1. The van der Waals surface area contributed by atoms with Gasteiger partial charge in [0.2, 0.25) is 6.17 Å². The van der Waals surface area contributed by atoms with Crippen LogP contribution in [0.15, 0.2) is 48.5 Å². The third-order valence-electron chi connectivity index (χ3n) is 3.04. The average molecular weight is 242 g/mol. The Morgan fingerprint density at radius 3 is 2.61 bits per heavy atom. The highest BCUT2D eigenvalue weighted by Gasteiger charge is 2.28. The number of hydrogen-bond donors (Lipinski definition) is 0. The Bertz CT molecular complexity index is 593. The molecule has 1 aliphatic heterocycles. The quantitative estimate of drug-likeness (QED) is 0.567. The van der Waals surface area contributed by atoms with E-state index in [0.29, 0.717) is 5.75 Å². The number of rotatable bonds is 1. The molecule has 3 heteroatoms. The van der Waals surface area contributed by atoms with Crippen molar-refractivity contribution in [1.29, 1.82) is 0 Å². The number of fused-ring (bicyclic) bond motifs is 1. The highest BCUT2D eigenvalue weighted by atomic mass is 19.1. The molecular weight excluding hydrogens is 231 g/mol. The first-order valence-electron chi connectivity index (χ1n) is 5.78. The molecule has 1 heterocycles. The van der Waals surface area contributed by atoms with Gasteiger partial charge in [-0.1, -0.05) is 42.5 Å². The molecule has 2 aromatic rings. The summed E-state index contributed by atoms with van der Waals surface area (Å²) >= 11 is 0. The van der Waals surface area contributed by atoms with Gasteiger partial charge in [-0.05, 0) is 22.8 Å². The summed E-state index contributed by atoms with van der Waals surface area (Å²) in [6, 6.07) is 15.3. The van der Waals surface area contributed by atoms with Gasteiger partial charge < -0.3 is 4.74 Å². The molecule has 0 spiro atoms. The third-order valence-corrected chi connectivity index (χ3v) is 3.04. The average Bonchev–Trinajstić information content (AvgIpc) is 2.41. The molecule has 0 fully saturated rings. The molecule has 0 bridgehead atoms. The van der Waals surface area contributed by atoms with Crippen LogP contribution < -0.4 is 4.74 Å². The highest BCUT2D eigenvalue weighted by Crippen LogP contribution is 2.31. The Morgan fingerprint density at radius 2 is 1.83 bits per heavy atom. The predicted molar refractivity (Wildman–Crippen MR) is 66.1 cm³/mol. The van der Waals surface area contributed by atoms with E-state index in [-0.39, 0.29) is 6.42 Å². The van der Waals surface area contributed by atoms with Crippen LogP contribution in [-0.4, -0.2) is 12.1 Å². The molecule has 1 aliphatic rings. The number of carbonyl (C=O) groups is 1. The standard InChI is InChI=1S/C15H11FO2/c16-13-8-12-7-6-11(9-14(12)18-15(13)17)10-4-2-1-3-5-10/h1-7,9,13H,8H2. The second-order valence-electron chi connectivity index (χ2n) is 4.28. The zero-order chi connectivity index (χ0) is 12.5. The van der Waals surface area contributed by atoms with E-state index in [4.69, 9.17) is 4.74 Å². The summed E-state index contributed by atoms with van der Waals surface area (Å²) in [7, 11) is 0. The summed E-state index contributed by atoms with van der Waals surface area (Å²) in [5.41, 5.74) is 2.74. The molecular formula is C15H11FO2. The SMILES string of the molecule is O=C1Oc2cc(-c3ccccc3)ccc2CC1F. The van der Waals surface area contributed by atoms with Crippen molar-refractivity contribution in [2.45, 2.75) is 12.6 Å². The van der Waals surface area contributed by atoms with Crippen molar-refractivity contribution in [2.24, 2.45) is 0 Å². The fourth-order valence-corrected chi connectivity index (χ4v) is 2.08. The zero-order valence-corrected chi connectivity index (χ0v) is 9.60. The summed E-state index contributed by atoms with van der Waals surface area (Å²) in [6.07, 6.45) is -1.44. The molecule has 0 aromatic heterocycles. The van der Waals surface area contributed by atoms with Crippen molar-refractivity contribution < 1.29 is 13.9 Å². The molecule has 2 nitrogen and oxygen atoms in total. The normalized spacial score (nSPS) is 18.1. The van der Waals surface area contributed by atoms with Crippen LogP contribution in [0, 0.1) is 0 Å². The Morgan fingerprint density at radius 1 is 1.06 bits per heavy atom. The monoisotopic (exact) mass is 242 g/mol. The van der Waals surface area contributed by atoms with Crippen molar-refractivity contribution in [2.75, 3.05) is 0 Å². The van der Waals surface area contributed by atoms with Crippen LogP contribution in [0.25, 0.3) is 11.1 Å². The maximum absolute atomic E-state index is 13.2. The summed E-state index contributed by atoms with van der Waals surface area (Å²) < 4.78 is 18.2. The predicted octanol–water partition coefficient (Wildman–Crippen LogP) is 3.15. The lowest BCUT2D eigenvalue weighted by atomic mass is 9.99. The van der Waals surface area contributed by atoms with Gasteiger partial charge in [-0.25, -0.2) is 9.18 Å². The van der Waals surface area contributed by atoms with Crippen molar-refractivity contribution in [3.63, 3.8) is 0 Å². The van der Waals surface area contributed by atoms with E-state index in [9.17, 15) is 9.18 Å². The van der Waals surface area contributed by atoms with Crippen LogP contribution in [0.1, 0.15) is 5.56 Å². The van der Waals surface area contributed by atoms with Gasteiger partial charge in [0.15, 0.2) is 0 Å². The maximum atomic E-state index is 13.2. The van der Waals surface area contributed by atoms with Crippen molar-refractivity contribution >= 4 is 5.97 Å². The minimum atomic E-state index is -1.54. The third kappa shape index (κ3) is 1.88. The van der Waals surface area contributed by atoms with Crippen LogP contribution in [0.5, 0.6) is 5.75 Å². The van der Waals surface area contributed by atoms with E-state index in [1.807, 2.05) is 42.5 Å². The lowest BCUT2D eigenvalue weighted by Crippen LogP contribution is -2.28. The summed E-state index contributed by atoms with van der Waals surface area (Å²) in [6.45, 7) is 0. The van der Waals surface area contributed by atoms with Crippen LogP contribution >= 0.6 is 0 Å². The van der Waals surface area contributed by atoms with Gasteiger partial charge >= 0.3 is 5.97 Å². The lowest BCUT2D eigenvalue weighted by molar-refractivity contribution is -0.141. The number of alkyl halides is 1. The van der Waals surface area contributed by atoms with E-state index < -0.39 is 12.1 Å². The molecule has 0 aliphatic carbocycles. The van der Waals surface area contributed by atoms with Crippen LogP contribution in [0.3, 0.4) is 0 Å². The van der Waals surface area contributed by atoms with Gasteiger partial charge in [-0.2, -0.15) is 0 Å². The molecule has 3 rings (SSSR count). The Balaban J connectivity index is 2.02. The first-order chi connectivity index (χ1) is 8.74. The Labute approximate surface area is 104 Å². The van der Waals surface area contributed by atoms with Crippen LogP contribution in [0.2, 0.25) is 0 Å². The Hall–Kier alpha value is -2.16. The van der Waals surface area contributed by atoms with Crippen molar-refractivity contribution in [3.05, 3.63) is 54.1 Å². The van der Waals surface area contributed by atoms with Crippen molar-refractivity contribution in [1.82, 2.24) is 0 Å². The fraction of sp³-hybridized carbons (Fsp3) is 0.133. The van der Waals surface area contributed by atoms with Crippen LogP contribution in [0.4, 0.5) is 4.39 Å². The molecule has 0 saturated carbocycles. The van der Waals surface area contributed by atoms with E-state index >= 15 is 0 Å². The second kappa shape index (κ2) is 4.26. The first kappa shape index (κ1) is 11.0. The van der Waals surface area contributed by atoms with Gasteiger partial charge in [0, 0.05) is 6.42 Å². The largest absolute Gasteiger partial charge is 0.424 e. The van der Waals surface area contributed by atoms with Gasteiger partial charge in [0.05, 0.1) is 0 Å².